The second-order valence-corrected chi connectivity index (χ2v) is 9.20. The number of nitrogens with zero attached hydrogens (tertiary/aromatic N) is 3. The topological polar surface area (TPSA) is 59.4 Å². The number of imidazole rings is 1. The monoisotopic (exact) mass is 386 g/mol. The highest BCUT2D eigenvalue weighted by atomic mass is 32.1. The van der Waals surface area contributed by atoms with Crippen molar-refractivity contribution in [3.63, 3.8) is 0 Å². The number of hydrogen-bond donors (Lipinski definition) is 1. The Morgan fingerprint density at radius 1 is 1.41 bits per heavy atom. The molecule has 1 aliphatic carbocycles. The van der Waals surface area contributed by atoms with E-state index in [1.54, 1.807) is 11.3 Å². The Morgan fingerprint density at radius 3 is 2.93 bits per heavy atom. The Hall–Kier alpha value is -1.70. The zero-order chi connectivity index (χ0) is 18.4. The van der Waals surface area contributed by atoms with Crippen LogP contribution >= 0.6 is 11.3 Å². The molecule has 2 aromatic heterocycles. The summed E-state index contributed by atoms with van der Waals surface area (Å²) in [6, 6.07) is 2.52. The van der Waals surface area contributed by atoms with Gasteiger partial charge in [0.25, 0.3) is 5.91 Å². The summed E-state index contributed by atoms with van der Waals surface area (Å²) in [7, 11) is 2.05. The molecule has 1 saturated heterocycles. The van der Waals surface area contributed by atoms with E-state index in [1.165, 1.54) is 16.1 Å². The lowest BCUT2D eigenvalue weighted by atomic mass is 9.82. The van der Waals surface area contributed by atoms with E-state index in [4.69, 9.17) is 4.74 Å². The fourth-order valence-electron chi connectivity index (χ4n) is 4.27. The van der Waals surface area contributed by atoms with Crippen LogP contribution < -0.4 is 5.32 Å². The Labute approximate surface area is 163 Å². The number of aromatic nitrogens is 2. The van der Waals surface area contributed by atoms with Crippen LogP contribution in [0.3, 0.4) is 0 Å². The van der Waals surface area contributed by atoms with E-state index in [9.17, 15) is 4.79 Å². The molecule has 1 N–H and O–H groups in total. The van der Waals surface area contributed by atoms with Crippen molar-refractivity contribution >= 4 is 17.2 Å². The molecule has 3 aliphatic rings. The minimum absolute atomic E-state index is 0.0979. The summed E-state index contributed by atoms with van der Waals surface area (Å²) >= 11 is 1.67. The normalized spacial score (nSPS) is 22.0. The van der Waals surface area contributed by atoms with Gasteiger partial charge in [0.1, 0.15) is 0 Å². The van der Waals surface area contributed by atoms with E-state index in [0.717, 1.165) is 63.2 Å². The number of carbonyl (C=O) groups is 1. The zero-order valence-corrected chi connectivity index (χ0v) is 16.6. The van der Waals surface area contributed by atoms with Gasteiger partial charge in [-0.1, -0.05) is 0 Å². The van der Waals surface area contributed by atoms with Crippen molar-refractivity contribution < 1.29 is 9.53 Å². The lowest BCUT2D eigenvalue weighted by Crippen LogP contribution is -2.46. The van der Waals surface area contributed by atoms with Crippen molar-refractivity contribution in [1.82, 2.24) is 19.8 Å². The average molecular weight is 387 g/mol. The molecule has 0 aromatic carbocycles. The zero-order valence-electron chi connectivity index (χ0n) is 15.7. The molecule has 2 aromatic rings. The van der Waals surface area contributed by atoms with Gasteiger partial charge in [-0.25, -0.2) is 4.98 Å². The molecular formula is C20H26N4O2S. The fourth-order valence-corrected chi connectivity index (χ4v) is 5.40. The quantitative estimate of drug-likeness (QED) is 0.877. The summed E-state index contributed by atoms with van der Waals surface area (Å²) in [6.45, 7) is 3.70. The molecule has 1 spiro atoms. The molecule has 2 fully saturated rings. The third-order valence-corrected chi connectivity index (χ3v) is 7.30. The summed E-state index contributed by atoms with van der Waals surface area (Å²) < 4.78 is 8.44. The highest BCUT2D eigenvalue weighted by Crippen LogP contribution is 2.44. The standard InChI is InChI=1S/C20H26N4O2S/c1-23-13-21-11-15(23)12-24-7-5-20(6-8-24)16-10-18(19(25)22-14-2-3-14)27-17(16)4-9-26-20/h10-11,13-14H,2-9,12H2,1H3,(H,22,25). The first-order valence-electron chi connectivity index (χ1n) is 9.88. The van der Waals surface area contributed by atoms with Crippen LogP contribution in [0, 0.1) is 0 Å². The van der Waals surface area contributed by atoms with Gasteiger partial charge >= 0.3 is 0 Å². The second-order valence-electron chi connectivity index (χ2n) is 8.06. The van der Waals surface area contributed by atoms with Crippen molar-refractivity contribution in [2.75, 3.05) is 19.7 Å². The third kappa shape index (κ3) is 3.32. The minimum atomic E-state index is -0.203. The number of amides is 1. The van der Waals surface area contributed by atoms with Crippen molar-refractivity contribution in [3.8, 4) is 0 Å². The largest absolute Gasteiger partial charge is 0.370 e. The second kappa shape index (κ2) is 6.72. The van der Waals surface area contributed by atoms with Gasteiger partial charge in [0.15, 0.2) is 0 Å². The maximum atomic E-state index is 12.5. The summed E-state index contributed by atoms with van der Waals surface area (Å²) in [5.74, 6) is 0.0979. The molecule has 0 bridgehead atoms. The number of nitrogens with one attached hydrogen (secondary N) is 1. The number of piperidine rings is 1. The number of fused-ring (bicyclic) bond motifs is 2. The molecule has 144 valence electrons. The molecule has 5 rings (SSSR count). The smallest absolute Gasteiger partial charge is 0.261 e. The van der Waals surface area contributed by atoms with Crippen molar-refractivity contribution in [3.05, 3.63) is 39.6 Å². The Bertz CT molecular complexity index is 846. The third-order valence-electron chi connectivity index (χ3n) is 6.11. The predicted octanol–water partition coefficient (Wildman–Crippen LogP) is 2.44. The highest BCUT2D eigenvalue weighted by molar-refractivity contribution is 7.14. The molecule has 7 heteroatoms. The maximum absolute atomic E-state index is 12.5. The van der Waals surface area contributed by atoms with Crippen LogP contribution in [0.2, 0.25) is 0 Å². The Morgan fingerprint density at radius 2 is 2.22 bits per heavy atom. The SMILES string of the molecule is Cn1cncc1CN1CCC2(CC1)OCCc1sc(C(=O)NC3CC3)cc12. The van der Waals surface area contributed by atoms with E-state index in [0.29, 0.717) is 6.04 Å². The molecule has 0 unspecified atom stereocenters. The molecule has 0 radical (unpaired) electrons. The van der Waals surface area contributed by atoms with Crippen molar-refractivity contribution in [1.29, 1.82) is 0 Å². The first-order valence-corrected chi connectivity index (χ1v) is 10.7. The summed E-state index contributed by atoms with van der Waals surface area (Å²) in [4.78, 5) is 21.4. The molecule has 1 saturated carbocycles. The van der Waals surface area contributed by atoms with E-state index in [-0.39, 0.29) is 11.5 Å². The van der Waals surface area contributed by atoms with E-state index in [1.807, 2.05) is 19.6 Å². The van der Waals surface area contributed by atoms with Crippen LogP contribution in [0.15, 0.2) is 18.6 Å². The number of aryl methyl sites for hydroxylation is 1. The molecular weight excluding hydrogens is 360 g/mol. The van der Waals surface area contributed by atoms with Gasteiger partial charge in [-0.3, -0.25) is 9.69 Å². The van der Waals surface area contributed by atoms with Gasteiger partial charge in [-0.15, -0.1) is 11.3 Å². The van der Waals surface area contributed by atoms with Crippen molar-refractivity contribution in [2.45, 2.75) is 50.3 Å². The predicted molar refractivity (Wildman–Crippen MR) is 104 cm³/mol. The number of ether oxygens (including phenoxy) is 1. The number of thiophene rings is 1. The lowest BCUT2D eigenvalue weighted by Gasteiger charge is -2.44. The van der Waals surface area contributed by atoms with E-state index in [2.05, 4.69) is 25.8 Å². The van der Waals surface area contributed by atoms with Gasteiger partial charge in [0.2, 0.25) is 0 Å². The van der Waals surface area contributed by atoms with Gasteiger partial charge in [-0.2, -0.15) is 0 Å². The number of hydrogen-bond acceptors (Lipinski definition) is 5. The molecule has 27 heavy (non-hydrogen) atoms. The molecule has 4 heterocycles. The Kier molecular flexibility index (Phi) is 4.33. The fraction of sp³-hybridized carbons (Fsp3) is 0.600. The van der Waals surface area contributed by atoms with Crippen LogP contribution in [0.5, 0.6) is 0 Å². The van der Waals surface area contributed by atoms with Crippen LogP contribution in [-0.2, 0) is 30.4 Å². The summed E-state index contributed by atoms with van der Waals surface area (Å²) in [5, 5.41) is 3.12. The molecule has 2 aliphatic heterocycles. The van der Waals surface area contributed by atoms with Crippen molar-refractivity contribution in [2.24, 2.45) is 7.05 Å². The van der Waals surface area contributed by atoms with E-state index >= 15 is 0 Å². The van der Waals surface area contributed by atoms with Crippen LogP contribution in [0.4, 0.5) is 0 Å². The number of rotatable bonds is 4. The average Bonchev–Trinajstić information content (AvgIpc) is 3.21. The first-order chi connectivity index (χ1) is 13.1. The van der Waals surface area contributed by atoms with E-state index < -0.39 is 0 Å². The first kappa shape index (κ1) is 17.4. The van der Waals surface area contributed by atoms with Gasteiger partial charge < -0.3 is 14.6 Å². The molecule has 1 amide bonds. The van der Waals surface area contributed by atoms with Gasteiger partial charge in [0, 0.05) is 50.2 Å². The summed E-state index contributed by atoms with van der Waals surface area (Å²) in [5.41, 5.74) is 2.32. The van der Waals surface area contributed by atoms with Crippen LogP contribution in [0.25, 0.3) is 0 Å². The van der Waals surface area contributed by atoms with Crippen LogP contribution in [-0.4, -0.2) is 46.1 Å². The number of likely N-dealkylation sites (tertiary alicyclic amines) is 1. The molecule has 6 nitrogen and oxygen atoms in total. The van der Waals surface area contributed by atoms with Crippen LogP contribution in [0.1, 0.15) is 51.5 Å². The molecule has 0 atom stereocenters. The Balaban J connectivity index is 1.31. The van der Waals surface area contributed by atoms with Gasteiger partial charge in [-0.05, 0) is 37.3 Å². The minimum Gasteiger partial charge on any atom is -0.370 e. The lowest BCUT2D eigenvalue weighted by molar-refractivity contribution is -0.0982. The number of carbonyl (C=O) groups excluding carboxylic acids is 1. The summed E-state index contributed by atoms with van der Waals surface area (Å²) in [6.07, 6.45) is 8.95. The highest BCUT2D eigenvalue weighted by Gasteiger charge is 2.42. The maximum Gasteiger partial charge on any atom is 0.261 e. The van der Waals surface area contributed by atoms with Gasteiger partial charge in [0.05, 0.1) is 29.1 Å².